The highest BCUT2D eigenvalue weighted by molar-refractivity contribution is 6.06. The number of carbonyl (C=O) groups excluding carboxylic acids is 1. The lowest BCUT2D eigenvalue weighted by Gasteiger charge is -2.28. The number of allylic oxidation sites excluding steroid dienone is 1. The Morgan fingerprint density at radius 2 is 1.69 bits per heavy atom. The summed E-state index contributed by atoms with van der Waals surface area (Å²) < 4.78 is 6.75. The normalized spacial score (nSPS) is 14.3. The largest absolute Gasteiger partial charge is 0.495 e. The van der Waals surface area contributed by atoms with Crippen LogP contribution < -0.4 is 15.4 Å². The second-order valence-electron chi connectivity index (χ2n) is 8.54. The van der Waals surface area contributed by atoms with Gasteiger partial charge >= 0.3 is 0 Å². The predicted molar refractivity (Wildman–Crippen MR) is 141 cm³/mol. The first-order valence-corrected chi connectivity index (χ1v) is 11.7. The summed E-state index contributed by atoms with van der Waals surface area (Å²) in [5, 5.41) is 33.5. The van der Waals surface area contributed by atoms with Gasteiger partial charge in [0, 0.05) is 29.5 Å². The molecule has 3 aromatic carbocycles. The molecule has 1 aromatic heterocycles. The Kier molecular flexibility index (Phi) is 6.46. The molecule has 0 saturated heterocycles. The minimum atomic E-state index is -1.02. The lowest BCUT2D eigenvalue weighted by molar-refractivity contribution is -0.385. The van der Waals surface area contributed by atoms with Crippen molar-refractivity contribution in [2.24, 2.45) is 0 Å². The first kappa shape index (κ1) is 25.1. The number of carbonyl (C=O) groups is 1. The topological polar surface area (TPSA) is 167 Å². The quantitative estimate of drug-likeness (QED) is 0.256. The number of anilines is 2. The van der Waals surface area contributed by atoms with Crippen molar-refractivity contribution in [3.8, 4) is 17.1 Å². The number of nitrogens with zero attached hydrogens (tertiary/aromatic N) is 5. The van der Waals surface area contributed by atoms with E-state index in [0.717, 1.165) is 0 Å². The van der Waals surface area contributed by atoms with E-state index in [9.17, 15) is 25.0 Å². The number of aromatic nitrogens is 3. The second-order valence-corrected chi connectivity index (χ2v) is 8.54. The van der Waals surface area contributed by atoms with E-state index >= 15 is 0 Å². The third-order valence-corrected chi connectivity index (χ3v) is 6.22. The molecule has 0 fully saturated rings. The van der Waals surface area contributed by atoms with E-state index in [1.165, 1.54) is 42.1 Å². The zero-order chi connectivity index (χ0) is 27.7. The second kappa shape index (κ2) is 10.0. The third-order valence-electron chi connectivity index (χ3n) is 6.22. The van der Waals surface area contributed by atoms with Crippen molar-refractivity contribution < 1.29 is 19.4 Å². The van der Waals surface area contributed by atoms with Gasteiger partial charge in [-0.15, -0.1) is 5.10 Å². The average molecular weight is 527 g/mol. The Balaban J connectivity index is 1.63. The first-order valence-electron chi connectivity index (χ1n) is 11.7. The summed E-state index contributed by atoms with van der Waals surface area (Å²) in [7, 11) is 1.48. The fourth-order valence-electron chi connectivity index (χ4n) is 4.41. The number of nitrogens with one attached hydrogen (secondary N) is 2. The van der Waals surface area contributed by atoms with Crippen LogP contribution in [-0.4, -0.2) is 37.6 Å². The number of benzene rings is 3. The Morgan fingerprint density at radius 1 is 1.00 bits per heavy atom. The van der Waals surface area contributed by atoms with Crippen LogP contribution >= 0.6 is 0 Å². The molecular formula is C26H21N7O6. The van der Waals surface area contributed by atoms with Gasteiger partial charge < -0.3 is 15.4 Å². The van der Waals surface area contributed by atoms with Crippen molar-refractivity contribution in [2.75, 3.05) is 17.7 Å². The highest BCUT2D eigenvalue weighted by atomic mass is 16.6. The lowest BCUT2D eigenvalue weighted by atomic mass is 9.93. The zero-order valence-electron chi connectivity index (χ0n) is 20.7. The van der Waals surface area contributed by atoms with Crippen molar-refractivity contribution in [3.05, 3.63) is 110 Å². The minimum Gasteiger partial charge on any atom is -0.495 e. The van der Waals surface area contributed by atoms with Gasteiger partial charge in [0.2, 0.25) is 5.95 Å². The molecule has 0 bridgehead atoms. The maximum atomic E-state index is 13.7. The number of para-hydroxylation sites is 3. The lowest BCUT2D eigenvalue weighted by Crippen LogP contribution is -2.32. The van der Waals surface area contributed by atoms with E-state index < -0.39 is 21.8 Å². The Labute approximate surface area is 221 Å². The molecule has 1 atom stereocenters. The van der Waals surface area contributed by atoms with E-state index in [-0.39, 0.29) is 34.3 Å². The van der Waals surface area contributed by atoms with Crippen LogP contribution in [0.3, 0.4) is 0 Å². The van der Waals surface area contributed by atoms with Gasteiger partial charge in [0.25, 0.3) is 17.3 Å². The Hall–Kier alpha value is -5.59. The van der Waals surface area contributed by atoms with Gasteiger partial charge in [0.05, 0.1) is 33.8 Å². The molecule has 0 spiro atoms. The molecule has 13 nitrogen and oxygen atoms in total. The summed E-state index contributed by atoms with van der Waals surface area (Å²) in [4.78, 5) is 40.3. The molecule has 1 aliphatic rings. The highest BCUT2D eigenvalue weighted by Crippen LogP contribution is 2.40. The number of rotatable bonds is 7. The number of nitro benzene ring substituents is 2. The number of hydrogen-bond acceptors (Lipinski definition) is 9. The third kappa shape index (κ3) is 4.64. The molecule has 13 heteroatoms. The number of methoxy groups -OCH3 is 1. The maximum absolute atomic E-state index is 13.7. The molecule has 1 amide bonds. The van der Waals surface area contributed by atoms with Crippen molar-refractivity contribution in [3.63, 3.8) is 0 Å². The summed E-state index contributed by atoms with van der Waals surface area (Å²) in [6.45, 7) is 1.67. The van der Waals surface area contributed by atoms with E-state index in [1.54, 1.807) is 49.4 Å². The molecule has 0 aliphatic carbocycles. The van der Waals surface area contributed by atoms with Crippen LogP contribution in [0.5, 0.6) is 5.75 Å². The molecule has 2 heterocycles. The van der Waals surface area contributed by atoms with Crippen molar-refractivity contribution in [1.82, 2.24) is 14.8 Å². The molecule has 0 saturated carbocycles. The molecule has 4 aromatic rings. The zero-order valence-corrected chi connectivity index (χ0v) is 20.7. The van der Waals surface area contributed by atoms with Crippen LogP contribution in [0.1, 0.15) is 18.5 Å². The van der Waals surface area contributed by atoms with Gasteiger partial charge in [-0.05, 0) is 37.3 Å². The summed E-state index contributed by atoms with van der Waals surface area (Å²) in [5.41, 5.74) is 1.45. The molecule has 5 rings (SSSR count). The first-order chi connectivity index (χ1) is 18.8. The minimum absolute atomic E-state index is 0.0913. The van der Waals surface area contributed by atoms with Crippen molar-refractivity contribution >= 4 is 28.9 Å². The SMILES string of the molecule is COc1ccccc1NC(=O)C1=C(C)Nc2nc(-c3ccc([N+](=O)[O-])cc3)nn2C1c1ccccc1[N+](=O)[O-]. The van der Waals surface area contributed by atoms with Gasteiger partial charge in [0.15, 0.2) is 5.82 Å². The van der Waals surface area contributed by atoms with Crippen LogP contribution in [0.4, 0.5) is 23.0 Å². The van der Waals surface area contributed by atoms with Crippen LogP contribution in [0.15, 0.2) is 84.1 Å². The maximum Gasteiger partial charge on any atom is 0.275 e. The Bertz CT molecular complexity index is 1640. The predicted octanol–water partition coefficient (Wildman–Crippen LogP) is 4.70. The number of hydrogen-bond donors (Lipinski definition) is 2. The summed E-state index contributed by atoms with van der Waals surface area (Å²) in [6.07, 6.45) is 0. The van der Waals surface area contributed by atoms with Crippen LogP contribution in [0, 0.1) is 20.2 Å². The fourth-order valence-corrected chi connectivity index (χ4v) is 4.41. The number of nitro groups is 2. The van der Waals surface area contributed by atoms with Crippen molar-refractivity contribution in [1.29, 1.82) is 0 Å². The molecular weight excluding hydrogens is 506 g/mol. The van der Waals surface area contributed by atoms with Crippen LogP contribution in [0.2, 0.25) is 0 Å². The molecule has 39 heavy (non-hydrogen) atoms. The number of non-ortho nitro benzene ring substituents is 1. The summed E-state index contributed by atoms with van der Waals surface area (Å²) in [5.74, 6) is 0.385. The van der Waals surface area contributed by atoms with E-state index in [4.69, 9.17) is 4.74 Å². The Morgan fingerprint density at radius 3 is 2.38 bits per heavy atom. The number of amides is 1. The molecule has 0 radical (unpaired) electrons. The highest BCUT2D eigenvalue weighted by Gasteiger charge is 2.38. The van der Waals surface area contributed by atoms with Crippen LogP contribution in [-0.2, 0) is 4.79 Å². The fraction of sp³-hybridized carbons (Fsp3) is 0.115. The van der Waals surface area contributed by atoms with Gasteiger partial charge in [-0.2, -0.15) is 4.98 Å². The van der Waals surface area contributed by atoms with E-state index in [1.807, 2.05) is 0 Å². The van der Waals surface area contributed by atoms with Gasteiger partial charge in [-0.25, -0.2) is 4.68 Å². The van der Waals surface area contributed by atoms with Crippen molar-refractivity contribution in [2.45, 2.75) is 13.0 Å². The van der Waals surface area contributed by atoms with Gasteiger partial charge in [-0.1, -0.05) is 24.3 Å². The van der Waals surface area contributed by atoms with Gasteiger partial charge in [0.1, 0.15) is 11.8 Å². The molecule has 2 N–H and O–H groups in total. The average Bonchev–Trinajstić information content (AvgIpc) is 3.36. The smallest absolute Gasteiger partial charge is 0.275 e. The summed E-state index contributed by atoms with van der Waals surface area (Å²) in [6, 6.07) is 17.6. The van der Waals surface area contributed by atoms with Crippen LogP contribution in [0.25, 0.3) is 11.4 Å². The van der Waals surface area contributed by atoms with Gasteiger partial charge in [-0.3, -0.25) is 25.0 Å². The van der Waals surface area contributed by atoms with E-state index in [0.29, 0.717) is 22.7 Å². The number of ether oxygens (including phenoxy) is 1. The standard InChI is InChI=1S/C26H21N7O6/c1-15-22(25(34)28-19-8-4-6-10-21(19)39-2)23(18-7-3-5-9-20(18)33(37)38)31-26(27-15)29-24(30-31)16-11-13-17(14-12-16)32(35)36/h3-14,23H,1-2H3,(H,28,34)(H,27,29,30). The summed E-state index contributed by atoms with van der Waals surface area (Å²) >= 11 is 0. The molecule has 1 aliphatic heterocycles. The molecule has 196 valence electrons. The number of fused-ring (bicyclic) bond motifs is 1. The monoisotopic (exact) mass is 527 g/mol. The molecule has 1 unspecified atom stereocenters. The van der Waals surface area contributed by atoms with E-state index in [2.05, 4.69) is 20.7 Å².